The van der Waals surface area contributed by atoms with Gasteiger partial charge in [0.1, 0.15) is 0 Å². The monoisotopic (exact) mass is 374 g/mol. The molecular weight excluding hydrogens is 346 g/mol. The minimum Gasteiger partial charge on any atom is -0.477 e. The third kappa shape index (κ3) is 5.02. The van der Waals surface area contributed by atoms with E-state index < -0.39 is 11.6 Å². The average molecular weight is 374 g/mol. The molecule has 27 heavy (non-hydrogen) atoms. The van der Waals surface area contributed by atoms with E-state index >= 15 is 0 Å². The zero-order valence-electron chi connectivity index (χ0n) is 16.2. The zero-order valence-corrected chi connectivity index (χ0v) is 16.2. The van der Waals surface area contributed by atoms with Crippen molar-refractivity contribution in [1.82, 2.24) is 10.2 Å². The number of hydrogen-bond donors (Lipinski definition) is 0. The standard InChI is InChI=1S/C22H28F2N2O/c1-3-14-27-20-13-12-19(25-26-20)18-11-10-17(21(23)22(18)24)9-8-16-6-4-15(2)5-7-16/h10-13,15-16H,3-9,14H2,1-2H3. The predicted octanol–water partition coefficient (Wildman–Crippen LogP) is 5.97. The van der Waals surface area contributed by atoms with Crippen molar-refractivity contribution in [3.63, 3.8) is 0 Å². The fraction of sp³-hybridized carbons (Fsp3) is 0.545. The molecule has 1 aromatic heterocycles. The van der Waals surface area contributed by atoms with E-state index in [1.807, 2.05) is 6.92 Å². The lowest BCUT2D eigenvalue weighted by Gasteiger charge is -2.26. The molecule has 2 aromatic rings. The maximum atomic E-state index is 14.6. The van der Waals surface area contributed by atoms with Crippen LogP contribution in [0.15, 0.2) is 24.3 Å². The molecular formula is C22H28F2N2O. The SMILES string of the molecule is CCCOc1ccc(-c2ccc(CCC3CCC(C)CC3)c(F)c2F)nn1. The highest BCUT2D eigenvalue weighted by Crippen LogP contribution is 2.32. The van der Waals surface area contributed by atoms with Gasteiger partial charge in [0.2, 0.25) is 5.88 Å². The van der Waals surface area contributed by atoms with Crippen LogP contribution in [0.1, 0.15) is 57.9 Å². The van der Waals surface area contributed by atoms with Crippen molar-refractivity contribution in [1.29, 1.82) is 0 Å². The summed E-state index contributed by atoms with van der Waals surface area (Å²) in [6.45, 7) is 4.83. The lowest BCUT2D eigenvalue weighted by Crippen LogP contribution is -2.13. The zero-order chi connectivity index (χ0) is 19.2. The van der Waals surface area contributed by atoms with Crippen LogP contribution < -0.4 is 4.74 Å². The van der Waals surface area contributed by atoms with E-state index in [1.54, 1.807) is 24.3 Å². The molecule has 1 heterocycles. The Morgan fingerprint density at radius 1 is 1.00 bits per heavy atom. The normalized spacial score (nSPS) is 19.9. The Labute approximate surface area is 160 Å². The maximum absolute atomic E-state index is 14.6. The smallest absolute Gasteiger partial charge is 0.233 e. The number of benzene rings is 1. The first-order chi connectivity index (χ1) is 13.1. The lowest BCUT2D eigenvalue weighted by molar-refractivity contribution is 0.277. The summed E-state index contributed by atoms with van der Waals surface area (Å²) in [6, 6.07) is 6.53. The van der Waals surface area contributed by atoms with Gasteiger partial charge in [-0.1, -0.05) is 45.6 Å². The minimum absolute atomic E-state index is 0.136. The summed E-state index contributed by atoms with van der Waals surface area (Å²) in [7, 11) is 0. The minimum atomic E-state index is -0.846. The summed E-state index contributed by atoms with van der Waals surface area (Å²) in [6.07, 6.45) is 7.26. The Balaban J connectivity index is 1.67. The number of aryl methyl sites for hydroxylation is 1. The van der Waals surface area contributed by atoms with Crippen molar-refractivity contribution in [2.24, 2.45) is 11.8 Å². The van der Waals surface area contributed by atoms with Crippen LogP contribution in [-0.4, -0.2) is 16.8 Å². The number of halogens is 2. The summed E-state index contributed by atoms with van der Waals surface area (Å²) < 4.78 is 34.5. The van der Waals surface area contributed by atoms with Crippen LogP contribution in [0.25, 0.3) is 11.3 Å². The number of rotatable bonds is 7. The third-order valence-corrected chi connectivity index (χ3v) is 5.49. The molecule has 0 N–H and O–H groups in total. The Hall–Kier alpha value is -2.04. The second kappa shape index (κ2) is 9.25. The molecule has 3 rings (SSSR count). The molecule has 3 nitrogen and oxygen atoms in total. The number of nitrogens with zero attached hydrogens (tertiary/aromatic N) is 2. The molecule has 0 radical (unpaired) electrons. The van der Waals surface area contributed by atoms with E-state index in [0.717, 1.165) is 18.8 Å². The van der Waals surface area contributed by atoms with Crippen LogP contribution in [0, 0.1) is 23.5 Å². The van der Waals surface area contributed by atoms with Crippen molar-refractivity contribution in [3.8, 4) is 17.1 Å². The van der Waals surface area contributed by atoms with E-state index in [0.29, 0.717) is 36.1 Å². The largest absolute Gasteiger partial charge is 0.477 e. The van der Waals surface area contributed by atoms with Crippen LogP contribution >= 0.6 is 0 Å². The van der Waals surface area contributed by atoms with Gasteiger partial charge in [-0.3, -0.25) is 0 Å². The third-order valence-electron chi connectivity index (χ3n) is 5.49. The quantitative estimate of drug-likeness (QED) is 0.599. The lowest BCUT2D eigenvalue weighted by atomic mass is 9.80. The molecule has 0 bridgehead atoms. The van der Waals surface area contributed by atoms with Crippen molar-refractivity contribution in [2.75, 3.05) is 6.61 Å². The van der Waals surface area contributed by atoms with Crippen LogP contribution in [0.5, 0.6) is 5.88 Å². The highest BCUT2D eigenvalue weighted by molar-refractivity contribution is 5.60. The van der Waals surface area contributed by atoms with Crippen molar-refractivity contribution in [2.45, 2.75) is 58.8 Å². The molecule has 0 saturated heterocycles. The van der Waals surface area contributed by atoms with E-state index in [-0.39, 0.29) is 5.56 Å². The summed E-state index contributed by atoms with van der Waals surface area (Å²) in [4.78, 5) is 0. The van der Waals surface area contributed by atoms with Crippen molar-refractivity contribution < 1.29 is 13.5 Å². The van der Waals surface area contributed by atoms with Gasteiger partial charge in [-0.25, -0.2) is 8.78 Å². The molecule has 1 aromatic carbocycles. The Morgan fingerprint density at radius 2 is 1.78 bits per heavy atom. The first kappa shape index (κ1) is 19.7. The molecule has 0 atom stereocenters. The van der Waals surface area contributed by atoms with Gasteiger partial charge in [-0.05, 0) is 48.8 Å². The highest BCUT2D eigenvalue weighted by atomic mass is 19.2. The van der Waals surface area contributed by atoms with Crippen LogP contribution in [0.4, 0.5) is 8.78 Å². The van der Waals surface area contributed by atoms with Crippen LogP contribution in [0.2, 0.25) is 0 Å². The molecule has 5 heteroatoms. The van der Waals surface area contributed by atoms with Crippen LogP contribution in [0.3, 0.4) is 0 Å². The molecule has 0 aliphatic heterocycles. The van der Waals surface area contributed by atoms with Gasteiger partial charge in [0, 0.05) is 11.6 Å². The second-order valence-electron chi connectivity index (χ2n) is 7.67. The molecule has 1 saturated carbocycles. The number of aromatic nitrogens is 2. The van der Waals surface area contributed by atoms with Gasteiger partial charge >= 0.3 is 0 Å². The van der Waals surface area contributed by atoms with E-state index in [1.165, 1.54) is 25.7 Å². The molecule has 146 valence electrons. The van der Waals surface area contributed by atoms with Crippen LogP contribution in [-0.2, 0) is 6.42 Å². The van der Waals surface area contributed by atoms with E-state index in [9.17, 15) is 8.78 Å². The molecule has 1 aliphatic carbocycles. The van der Waals surface area contributed by atoms with Gasteiger partial charge in [-0.2, -0.15) is 0 Å². The second-order valence-corrected chi connectivity index (χ2v) is 7.67. The van der Waals surface area contributed by atoms with Gasteiger partial charge in [0.25, 0.3) is 0 Å². The summed E-state index contributed by atoms with van der Waals surface area (Å²) in [5, 5.41) is 7.91. The first-order valence-electron chi connectivity index (χ1n) is 10.0. The Morgan fingerprint density at radius 3 is 2.44 bits per heavy atom. The highest BCUT2D eigenvalue weighted by Gasteiger charge is 2.20. The Kier molecular flexibility index (Phi) is 6.75. The first-order valence-corrected chi connectivity index (χ1v) is 10.0. The summed E-state index contributed by atoms with van der Waals surface area (Å²) in [5.41, 5.74) is 0.895. The van der Waals surface area contributed by atoms with E-state index in [4.69, 9.17) is 4.74 Å². The number of hydrogen-bond acceptors (Lipinski definition) is 3. The number of ether oxygens (including phenoxy) is 1. The molecule has 1 aliphatic rings. The molecule has 0 spiro atoms. The fourth-order valence-electron chi connectivity index (χ4n) is 3.71. The maximum Gasteiger partial charge on any atom is 0.233 e. The Bertz CT molecular complexity index is 741. The average Bonchev–Trinajstić information content (AvgIpc) is 2.69. The molecule has 0 unspecified atom stereocenters. The molecule has 1 fully saturated rings. The van der Waals surface area contributed by atoms with E-state index in [2.05, 4.69) is 17.1 Å². The van der Waals surface area contributed by atoms with Gasteiger partial charge in [0.15, 0.2) is 11.6 Å². The topological polar surface area (TPSA) is 35.0 Å². The predicted molar refractivity (Wildman–Crippen MR) is 103 cm³/mol. The van der Waals surface area contributed by atoms with Gasteiger partial charge in [-0.15, -0.1) is 10.2 Å². The summed E-state index contributed by atoms with van der Waals surface area (Å²) >= 11 is 0. The molecule has 0 amide bonds. The van der Waals surface area contributed by atoms with Gasteiger partial charge < -0.3 is 4.74 Å². The van der Waals surface area contributed by atoms with Gasteiger partial charge in [0.05, 0.1) is 12.3 Å². The van der Waals surface area contributed by atoms with Crippen molar-refractivity contribution in [3.05, 3.63) is 41.5 Å². The summed E-state index contributed by atoms with van der Waals surface area (Å²) in [5.74, 6) is 0.213. The fourth-order valence-corrected chi connectivity index (χ4v) is 3.71. The van der Waals surface area contributed by atoms with Crippen molar-refractivity contribution >= 4 is 0 Å².